The molecule has 1 aliphatic heterocycles. The number of ether oxygens (including phenoxy) is 2. The normalized spacial score (nSPS) is 26.6. The third kappa shape index (κ3) is 7.73. The Balaban J connectivity index is 2.16. The molecule has 19 nitrogen and oxygen atoms in total. The van der Waals surface area contributed by atoms with Crippen molar-refractivity contribution in [1.29, 1.82) is 0 Å². The van der Waals surface area contributed by atoms with Crippen molar-refractivity contribution < 1.29 is 70.9 Å². The number of aliphatic hydroxyl groups excluding tert-OH is 2. The second-order valence-corrected chi connectivity index (χ2v) is 10.9. The minimum absolute atomic E-state index is 0.270. The van der Waals surface area contributed by atoms with Crippen LogP contribution in [0.3, 0.4) is 0 Å². The summed E-state index contributed by atoms with van der Waals surface area (Å²) >= 11 is 0. The molecule has 1 aromatic rings. The molecule has 0 aliphatic carbocycles. The molecule has 7 N–H and O–H groups in total. The van der Waals surface area contributed by atoms with Crippen molar-refractivity contribution in [2.45, 2.75) is 31.0 Å². The van der Waals surface area contributed by atoms with Gasteiger partial charge in [0.25, 0.3) is 5.56 Å². The van der Waals surface area contributed by atoms with E-state index in [1.165, 1.54) is 0 Å². The predicted molar refractivity (Wildman–Crippen MR) is 103 cm³/mol. The molecule has 0 spiro atoms. The van der Waals surface area contributed by atoms with Crippen LogP contribution in [0.1, 0.15) is 11.8 Å². The molecule has 22 heteroatoms. The zero-order chi connectivity index (χ0) is 26.1. The fourth-order valence-corrected chi connectivity index (χ4v) is 5.67. The maximum Gasteiger partial charge on any atom is 0.490 e. The van der Waals surface area contributed by atoms with Crippen molar-refractivity contribution in [3.63, 3.8) is 0 Å². The molecule has 0 aromatic carbocycles. The number of carbonyl (C=O) groups is 1. The molecule has 34 heavy (non-hydrogen) atoms. The largest absolute Gasteiger partial charge is 0.490 e. The quantitative estimate of drug-likeness (QED) is 0.113. The van der Waals surface area contributed by atoms with Gasteiger partial charge in [-0.3, -0.25) is 23.7 Å². The van der Waals surface area contributed by atoms with Gasteiger partial charge in [0.05, 0.1) is 20.1 Å². The van der Waals surface area contributed by atoms with Crippen LogP contribution in [0.25, 0.3) is 0 Å². The summed E-state index contributed by atoms with van der Waals surface area (Å²) in [5, 5.41) is 20.3. The monoisotopic (exact) mass is 556 g/mol. The Morgan fingerprint density at radius 1 is 1.09 bits per heavy atom. The topological polar surface area (TPSA) is 291 Å². The molecule has 2 unspecified atom stereocenters. The Hall–Kier alpha value is -1.56. The van der Waals surface area contributed by atoms with Gasteiger partial charge in [0.15, 0.2) is 6.23 Å². The number of rotatable bonds is 10. The van der Waals surface area contributed by atoms with E-state index in [0.717, 1.165) is 13.3 Å². The smallest absolute Gasteiger partial charge is 0.469 e. The number of H-pyrrole nitrogens is 1. The third-order valence-electron chi connectivity index (χ3n) is 4.03. The lowest BCUT2D eigenvalue weighted by atomic mass is 10.1. The summed E-state index contributed by atoms with van der Waals surface area (Å²) < 4.78 is 55.3. The Labute approximate surface area is 187 Å². The van der Waals surface area contributed by atoms with Gasteiger partial charge in [-0.05, 0) is 0 Å². The van der Waals surface area contributed by atoms with Gasteiger partial charge in [0, 0.05) is 11.8 Å². The molecule has 2 heterocycles. The summed E-state index contributed by atoms with van der Waals surface area (Å²) in [5.74, 6) is -0.836. The molecule has 0 bridgehead atoms. The van der Waals surface area contributed by atoms with Gasteiger partial charge >= 0.3 is 35.1 Å². The predicted octanol–water partition coefficient (Wildman–Crippen LogP) is -2.79. The lowest BCUT2D eigenvalue weighted by Crippen LogP contribution is -2.39. The fourth-order valence-electron chi connectivity index (χ4n) is 2.64. The van der Waals surface area contributed by atoms with E-state index < -0.39 is 78.3 Å². The van der Waals surface area contributed by atoms with Gasteiger partial charge in [-0.25, -0.2) is 18.5 Å². The number of nitrogens with one attached hydrogen (secondary N) is 1. The maximum atomic E-state index is 12.1. The van der Waals surface area contributed by atoms with Crippen molar-refractivity contribution >= 4 is 29.4 Å². The molecule has 1 aliphatic rings. The number of aromatic amines is 1. The van der Waals surface area contributed by atoms with Crippen LogP contribution in [-0.4, -0.2) is 77.3 Å². The molecule has 0 radical (unpaired) electrons. The van der Waals surface area contributed by atoms with Gasteiger partial charge in [-0.15, -0.1) is 0 Å². The standard InChI is InChI=1S/C12H19N2O17P3/c1-27-7(15)2-5-3-14(12(19)13-10(5)18)11-9(17)8(16)6(29-11)4-28-33(23,24)31-34(25,26)30-32(20,21)22/h3,6,8-9,11,16-17H,2,4H2,1H3,(H,23,24)(H,25,26)(H,13,18,19)(H2,20,21,22)/t6-,8-,9-,11-/m1/s1. The lowest BCUT2D eigenvalue weighted by Gasteiger charge is -2.19. The number of methoxy groups -OCH3 is 1. The number of hydrogen-bond donors (Lipinski definition) is 7. The number of aromatic nitrogens is 2. The van der Waals surface area contributed by atoms with Crippen LogP contribution in [0.4, 0.5) is 0 Å². The second kappa shape index (κ2) is 10.6. The molecule has 6 atom stereocenters. The first-order valence-corrected chi connectivity index (χ1v) is 13.2. The Morgan fingerprint density at radius 2 is 1.71 bits per heavy atom. The first-order chi connectivity index (χ1) is 15.4. The number of aliphatic hydroxyl groups is 2. The van der Waals surface area contributed by atoms with Crippen LogP contribution in [0.15, 0.2) is 15.8 Å². The number of esters is 1. The highest BCUT2D eigenvalue weighted by Gasteiger charge is 2.46. The van der Waals surface area contributed by atoms with Crippen molar-refractivity contribution in [2.75, 3.05) is 13.7 Å². The minimum atomic E-state index is -5.79. The van der Waals surface area contributed by atoms with Crippen LogP contribution < -0.4 is 11.2 Å². The van der Waals surface area contributed by atoms with Gasteiger partial charge in [-0.2, -0.15) is 8.62 Å². The van der Waals surface area contributed by atoms with E-state index >= 15 is 0 Å². The third-order valence-corrected chi connectivity index (χ3v) is 7.84. The fraction of sp³-hybridized carbons (Fsp3) is 0.583. The Kier molecular flexibility index (Phi) is 8.93. The van der Waals surface area contributed by atoms with Crippen molar-refractivity contribution in [1.82, 2.24) is 9.55 Å². The highest BCUT2D eigenvalue weighted by molar-refractivity contribution is 7.66. The average molecular weight is 556 g/mol. The second-order valence-electron chi connectivity index (χ2n) is 6.51. The molecule has 1 saturated heterocycles. The minimum Gasteiger partial charge on any atom is -0.469 e. The summed E-state index contributed by atoms with van der Waals surface area (Å²) in [6.45, 7) is -1.12. The lowest BCUT2D eigenvalue weighted by molar-refractivity contribution is -0.139. The average Bonchev–Trinajstić information content (AvgIpc) is 2.94. The van der Waals surface area contributed by atoms with E-state index in [-0.39, 0.29) is 5.56 Å². The van der Waals surface area contributed by atoms with E-state index in [1.807, 2.05) is 4.98 Å². The Morgan fingerprint density at radius 3 is 2.26 bits per heavy atom. The summed E-state index contributed by atoms with van der Waals surface area (Å²) in [4.78, 5) is 72.8. The summed E-state index contributed by atoms with van der Waals surface area (Å²) in [5.41, 5.74) is -2.33. The SMILES string of the molecule is COC(=O)Cc1cn([C@@H]2O[C@H](COP(=O)(O)OP(=O)(O)OP(=O)(O)O)[C@@H](O)[C@H]2O)c(=O)[nH]c1=O. The summed E-state index contributed by atoms with van der Waals surface area (Å²) in [6, 6.07) is 0. The number of hydrogen-bond acceptors (Lipinski definition) is 13. The van der Waals surface area contributed by atoms with Crippen LogP contribution in [0, 0.1) is 0 Å². The molecular weight excluding hydrogens is 537 g/mol. The highest BCUT2D eigenvalue weighted by Crippen LogP contribution is 2.66. The zero-order valence-corrected chi connectivity index (χ0v) is 19.4. The van der Waals surface area contributed by atoms with Crippen LogP contribution in [0.2, 0.25) is 0 Å². The molecule has 0 saturated carbocycles. The number of nitrogens with zero attached hydrogens (tertiary/aromatic N) is 1. The van der Waals surface area contributed by atoms with Crippen LogP contribution in [-0.2, 0) is 47.5 Å². The van der Waals surface area contributed by atoms with Gasteiger partial charge in [-0.1, -0.05) is 0 Å². The number of phosphoric ester groups is 1. The molecule has 1 fully saturated rings. The van der Waals surface area contributed by atoms with E-state index in [4.69, 9.17) is 19.4 Å². The maximum absolute atomic E-state index is 12.1. The number of phosphoric acid groups is 3. The molecule has 194 valence electrons. The van der Waals surface area contributed by atoms with E-state index in [9.17, 15) is 43.2 Å². The van der Waals surface area contributed by atoms with Crippen molar-refractivity contribution in [3.05, 3.63) is 32.6 Å². The van der Waals surface area contributed by atoms with Crippen LogP contribution in [0.5, 0.6) is 0 Å². The summed E-state index contributed by atoms with van der Waals surface area (Å²) in [6.07, 6.45) is -6.86. The molecular formula is C12H19N2O17P3. The zero-order valence-electron chi connectivity index (χ0n) is 16.8. The van der Waals surface area contributed by atoms with Gasteiger partial charge < -0.3 is 39.3 Å². The summed E-state index contributed by atoms with van der Waals surface area (Å²) in [7, 11) is -15.9. The first kappa shape index (κ1) is 28.7. The number of carbonyl (C=O) groups excluding carboxylic acids is 1. The molecule has 2 rings (SSSR count). The Bertz CT molecular complexity index is 1170. The first-order valence-electron chi connectivity index (χ1n) is 8.66. The van der Waals surface area contributed by atoms with Gasteiger partial charge in [0.2, 0.25) is 0 Å². The van der Waals surface area contributed by atoms with E-state index in [0.29, 0.717) is 4.57 Å². The van der Waals surface area contributed by atoms with Crippen molar-refractivity contribution in [3.8, 4) is 0 Å². The highest BCUT2D eigenvalue weighted by atomic mass is 31.3. The van der Waals surface area contributed by atoms with Crippen LogP contribution >= 0.6 is 23.5 Å². The van der Waals surface area contributed by atoms with E-state index in [2.05, 4.69) is 17.9 Å². The van der Waals surface area contributed by atoms with Crippen molar-refractivity contribution in [2.24, 2.45) is 0 Å². The van der Waals surface area contributed by atoms with E-state index in [1.54, 1.807) is 0 Å². The van der Waals surface area contributed by atoms with Gasteiger partial charge in [0.1, 0.15) is 18.3 Å². The molecule has 1 aromatic heterocycles. The molecule has 0 amide bonds.